The average molecular weight is 174 g/mol. The Morgan fingerprint density at radius 1 is 1.64 bits per heavy atom. The molecule has 1 fully saturated rings. The summed E-state index contributed by atoms with van der Waals surface area (Å²) in [5.41, 5.74) is 5.53. The summed E-state index contributed by atoms with van der Waals surface area (Å²) in [7, 11) is 0. The minimum Gasteiger partial charge on any atom is -0.329 e. The van der Waals surface area contributed by atoms with Crippen molar-refractivity contribution in [3.8, 4) is 0 Å². The topological polar surface area (TPSA) is 38.0 Å². The van der Waals surface area contributed by atoms with Gasteiger partial charge in [-0.1, -0.05) is 6.92 Å². The van der Waals surface area contributed by atoms with E-state index in [9.17, 15) is 0 Å². The minimum atomic E-state index is 0.473. The predicted molar refractivity (Wildman–Crippen MR) is 51.9 cm³/mol. The molecule has 1 heterocycles. The van der Waals surface area contributed by atoms with E-state index >= 15 is 0 Å². The molecule has 0 spiro atoms. The molecule has 3 atom stereocenters. The Balaban J connectivity index is 2.24. The summed E-state index contributed by atoms with van der Waals surface area (Å²) in [6, 6.07) is 1.17. The van der Waals surface area contributed by atoms with Crippen LogP contribution in [0.3, 0.4) is 0 Å². The van der Waals surface area contributed by atoms with Crippen LogP contribution in [-0.4, -0.2) is 30.1 Å². The van der Waals surface area contributed by atoms with E-state index in [1.54, 1.807) is 0 Å². The Hall–Kier alpha value is 0.270. The van der Waals surface area contributed by atoms with Gasteiger partial charge in [-0.15, -0.1) is 0 Å². The van der Waals surface area contributed by atoms with Crippen LogP contribution < -0.4 is 11.1 Å². The molecule has 0 amide bonds. The molecular formula is C8H18N2S. The van der Waals surface area contributed by atoms with E-state index in [4.69, 9.17) is 5.73 Å². The van der Waals surface area contributed by atoms with Crippen molar-refractivity contribution in [2.24, 2.45) is 11.7 Å². The van der Waals surface area contributed by atoms with Crippen molar-refractivity contribution in [2.75, 3.05) is 18.1 Å². The van der Waals surface area contributed by atoms with Gasteiger partial charge in [0.05, 0.1) is 0 Å². The van der Waals surface area contributed by atoms with Crippen LogP contribution in [0.15, 0.2) is 0 Å². The molecule has 11 heavy (non-hydrogen) atoms. The first-order valence-corrected chi connectivity index (χ1v) is 5.43. The van der Waals surface area contributed by atoms with Gasteiger partial charge < -0.3 is 11.1 Å². The summed E-state index contributed by atoms with van der Waals surface area (Å²) in [4.78, 5) is 0. The van der Waals surface area contributed by atoms with Gasteiger partial charge in [0.15, 0.2) is 0 Å². The van der Waals surface area contributed by atoms with Crippen molar-refractivity contribution in [3.63, 3.8) is 0 Å². The van der Waals surface area contributed by atoms with Crippen molar-refractivity contribution in [2.45, 2.75) is 25.9 Å². The van der Waals surface area contributed by atoms with Gasteiger partial charge >= 0.3 is 0 Å². The van der Waals surface area contributed by atoms with Gasteiger partial charge in [0.25, 0.3) is 0 Å². The molecule has 0 aromatic rings. The summed E-state index contributed by atoms with van der Waals surface area (Å²) in [6.07, 6.45) is 0. The maximum Gasteiger partial charge on any atom is 0.0194 e. The van der Waals surface area contributed by atoms with Crippen LogP contribution in [0.25, 0.3) is 0 Å². The van der Waals surface area contributed by atoms with Crippen LogP contribution in [0.4, 0.5) is 0 Å². The van der Waals surface area contributed by atoms with E-state index < -0.39 is 0 Å². The van der Waals surface area contributed by atoms with Crippen LogP contribution >= 0.6 is 11.8 Å². The summed E-state index contributed by atoms with van der Waals surface area (Å²) >= 11 is 2.04. The fraction of sp³-hybridized carbons (Fsp3) is 1.00. The standard InChI is InChI=1S/C8H18N2S/c1-6-4-11-5-8(6)10-7(2)3-9/h6-8,10H,3-5,9H2,1-2H3. The first-order chi connectivity index (χ1) is 5.24. The lowest BCUT2D eigenvalue weighted by Gasteiger charge is -2.20. The maximum absolute atomic E-state index is 5.53. The number of thioether (sulfide) groups is 1. The van der Waals surface area contributed by atoms with E-state index in [0.29, 0.717) is 12.1 Å². The van der Waals surface area contributed by atoms with Crippen molar-refractivity contribution in [1.29, 1.82) is 0 Å². The number of hydrogen-bond acceptors (Lipinski definition) is 3. The molecule has 3 unspecified atom stereocenters. The van der Waals surface area contributed by atoms with Gasteiger partial charge in [0, 0.05) is 24.4 Å². The van der Waals surface area contributed by atoms with E-state index in [1.165, 1.54) is 11.5 Å². The first-order valence-electron chi connectivity index (χ1n) is 4.28. The highest BCUT2D eigenvalue weighted by Crippen LogP contribution is 2.23. The van der Waals surface area contributed by atoms with Gasteiger partial charge in [-0.2, -0.15) is 11.8 Å². The average Bonchev–Trinajstić information content (AvgIpc) is 2.37. The van der Waals surface area contributed by atoms with Gasteiger partial charge in [-0.3, -0.25) is 0 Å². The van der Waals surface area contributed by atoms with Crippen molar-refractivity contribution >= 4 is 11.8 Å². The molecule has 1 aliphatic rings. The van der Waals surface area contributed by atoms with Crippen molar-refractivity contribution in [1.82, 2.24) is 5.32 Å². The van der Waals surface area contributed by atoms with Crippen LogP contribution in [0, 0.1) is 5.92 Å². The predicted octanol–water partition coefficient (Wildman–Crippen LogP) is 0.675. The van der Waals surface area contributed by atoms with Gasteiger partial charge in [0.2, 0.25) is 0 Å². The zero-order chi connectivity index (χ0) is 8.27. The summed E-state index contributed by atoms with van der Waals surface area (Å²) in [6.45, 7) is 5.20. The lowest BCUT2D eigenvalue weighted by molar-refractivity contribution is 0.408. The smallest absolute Gasteiger partial charge is 0.0194 e. The molecule has 0 saturated carbocycles. The zero-order valence-corrected chi connectivity index (χ0v) is 8.16. The Kier molecular flexibility index (Phi) is 3.69. The van der Waals surface area contributed by atoms with E-state index in [2.05, 4.69) is 19.2 Å². The molecule has 0 aromatic carbocycles. The molecule has 66 valence electrons. The van der Waals surface area contributed by atoms with Gasteiger partial charge in [-0.05, 0) is 18.6 Å². The van der Waals surface area contributed by atoms with Gasteiger partial charge in [0.1, 0.15) is 0 Å². The summed E-state index contributed by atoms with van der Waals surface area (Å²) < 4.78 is 0. The Labute approximate surface area is 73.3 Å². The molecule has 0 aliphatic carbocycles. The second-order valence-electron chi connectivity index (χ2n) is 3.42. The molecule has 3 heteroatoms. The molecule has 1 saturated heterocycles. The number of hydrogen-bond donors (Lipinski definition) is 2. The molecule has 0 bridgehead atoms. The SMILES string of the molecule is CC(CN)NC1CSCC1C. The lowest BCUT2D eigenvalue weighted by Crippen LogP contribution is -2.43. The second kappa shape index (κ2) is 4.33. The van der Waals surface area contributed by atoms with E-state index in [1.807, 2.05) is 11.8 Å². The summed E-state index contributed by atoms with van der Waals surface area (Å²) in [5.74, 6) is 3.37. The Bertz CT molecular complexity index is 119. The highest BCUT2D eigenvalue weighted by molar-refractivity contribution is 7.99. The van der Waals surface area contributed by atoms with Crippen LogP contribution in [0.1, 0.15) is 13.8 Å². The molecule has 3 N–H and O–H groups in total. The molecule has 0 radical (unpaired) electrons. The largest absolute Gasteiger partial charge is 0.329 e. The van der Waals surface area contributed by atoms with Crippen LogP contribution in [-0.2, 0) is 0 Å². The molecule has 1 aliphatic heterocycles. The molecule has 0 aromatic heterocycles. The Morgan fingerprint density at radius 3 is 2.82 bits per heavy atom. The monoisotopic (exact) mass is 174 g/mol. The number of rotatable bonds is 3. The lowest BCUT2D eigenvalue weighted by atomic mass is 10.1. The summed E-state index contributed by atoms with van der Waals surface area (Å²) in [5, 5.41) is 3.53. The third-order valence-electron chi connectivity index (χ3n) is 2.22. The first kappa shape index (κ1) is 9.36. The third-order valence-corrected chi connectivity index (χ3v) is 3.57. The van der Waals surface area contributed by atoms with Crippen LogP contribution in [0.5, 0.6) is 0 Å². The number of nitrogens with two attached hydrogens (primary N) is 1. The second-order valence-corrected chi connectivity index (χ2v) is 4.50. The highest BCUT2D eigenvalue weighted by atomic mass is 32.2. The highest BCUT2D eigenvalue weighted by Gasteiger charge is 2.24. The third kappa shape index (κ3) is 2.65. The Morgan fingerprint density at radius 2 is 2.36 bits per heavy atom. The van der Waals surface area contributed by atoms with E-state index in [-0.39, 0.29) is 0 Å². The fourth-order valence-corrected chi connectivity index (χ4v) is 2.73. The maximum atomic E-state index is 5.53. The van der Waals surface area contributed by atoms with Crippen LogP contribution in [0.2, 0.25) is 0 Å². The normalized spacial score (nSPS) is 34.1. The molecule has 2 nitrogen and oxygen atoms in total. The molecular weight excluding hydrogens is 156 g/mol. The van der Waals surface area contributed by atoms with Gasteiger partial charge in [-0.25, -0.2) is 0 Å². The van der Waals surface area contributed by atoms with Crippen molar-refractivity contribution < 1.29 is 0 Å². The fourth-order valence-electron chi connectivity index (χ4n) is 1.31. The quantitative estimate of drug-likeness (QED) is 0.660. The molecule has 1 rings (SSSR count). The van der Waals surface area contributed by atoms with E-state index in [0.717, 1.165) is 12.5 Å². The zero-order valence-electron chi connectivity index (χ0n) is 7.34. The minimum absolute atomic E-state index is 0.473. The number of nitrogens with one attached hydrogen (secondary N) is 1. The van der Waals surface area contributed by atoms with Crippen molar-refractivity contribution in [3.05, 3.63) is 0 Å².